The van der Waals surface area contributed by atoms with Gasteiger partial charge in [-0.1, -0.05) is 10.4 Å². The van der Waals surface area contributed by atoms with E-state index in [2.05, 4.69) is 0 Å². The van der Waals surface area contributed by atoms with Crippen LogP contribution in [-0.4, -0.2) is 9.87 Å². The van der Waals surface area contributed by atoms with Crippen LogP contribution in [0.15, 0.2) is 0 Å². The molecule has 1 atom stereocenters. The molecule has 0 saturated carbocycles. The second-order valence-corrected chi connectivity index (χ2v) is 5.55. The van der Waals surface area contributed by atoms with Gasteiger partial charge in [0.15, 0.2) is 0 Å². The minimum atomic E-state index is -1.94. The van der Waals surface area contributed by atoms with Gasteiger partial charge in [0.1, 0.15) is 9.87 Å². The van der Waals surface area contributed by atoms with Crippen molar-refractivity contribution in [3.05, 3.63) is 0 Å². The lowest BCUT2D eigenvalue weighted by Gasteiger charge is -2.10. The van der Waals surface area contributed by atoms with Crippen molar-refractivity contribution in [2.24, 2.45) is 27.5 Å². The van der Waals surface area contributed by atoms with Gasteiger partial charge in [0.25, 0.3) is 0 Å². The van der Waals surface area contributed by atoms with E-state index in [9.17, 15) is 0 Å². The molecule has 1 unspecified atom stereocenters. The maximum absolute atomic E-state index is 5.56. The summed E-state index contributed by atoms with van der Waals surface area (Å²) in [5.41, 5.74) is 16.5. The van der Waals surface area contributed by atoms with Crippen LogP contribution in [0.4, 0.5) is 0 Å². The fourth-order valence-corrected chi connectivity index (χ4v) is 2.37. The highest BCUT2D eigenvalue weighted by Crippen LogP contribution is 2.71. The zero-order chi connectivity index (χ0) is 7.50. The smallest absolute Gasteiger partial charge is 0.149 e. The molecular formula is C3H13N5S. The van der Waals surface area contributed by atoms with Crippen molar-refractivity contribution in [2.45, 2.75) is 16.8 Å². The van der Waals surface area contributed by atoms with Crippen molar-refractivity contribution < 1.29 is 0 Å². The summed E-state index contributed by atoms with van der Waals surface area (Å²) in [7, 11) is -1.94. The van der Waals surface area contributed by atoms with E-state index >= 15 is 0 Å². The molecule has 0 aromatic carbocycles. The molecule has 1 aliphatic heterocycles. The van der Waals surface area contributed by atoms with Gasteiger partial charge in [-0.15, -0.1) is 0 Å². The Morgan fingerprint density at radius 1 is 1.11 bits per heavy atom. The van der Waals surface area contributed by atoms with Gasteiger partial charge in [-0.2, -0.15) is 0 Å². The molecule has 0 aromatic rings. The van der Waals surface area contributed by atoms with Gasteiger partial charge in [0.2, 0.25) is 0 Å². The van der Waals surface area contributed by atoms with E-state index in [0.717, 1.165) is 0 Å². The topological polar surface area (TPSA) is 130 Å². The molecule has 1 aliphatic rings. The monoisotopic (exact) mass is 151 g/mol. The summed E-state index contributed by atoms with van der Waals surface area (Å²) in [5, 5.41) is 11.0. The van der Waals surface area contributed by atoms with Gasteiger partial charge in [-0.25, -0.2) is 0 Å². The Bertz CT molecular complexity index is 110. The zero-order valence-electron chi connectivity index (χ0n) is 5.29. The number of rotatable bonds is 0. The third kappa shape index (κ3) is 0.487. The summed E-state index contributed by atoms with van der Waals surface area (Å²) in [6, 6.07) is 0. The van der Waals surface area contributed by atoms with E-state index in [4.69, 9.17) is 27.5 Å². The average molecular weight is 151 g/mol. The molecule has 1 heterocycles. The Labute approximate surface area is 55.5 Å². The summed E-state index contributed by atoms with van der Waals surface area (Å²) < 4.78 is 0. The molecule has 1 fully saturated rings. The Kier molecular flexibility index (Phi) is 1.02. The fraction of sp³-hybridized carbons (Fsp3) is 1.00. The third-order valence-electron chi connectivity index (χ3n) is 1.99. The molecule has 6 heteroatoms. The molecule has 1 rings (SSSR count). The predicted molar refractivity (Wildman–Crippen MR) is 39.7 cm³/mol. The summed E-state index contributed by atoms with van der Waals surface area (Å²) >= 11 is 0. The lowest BCUT2D eigenvalue weighted by atomic mass is 10.3. The molecule has 0 bridgehead atoms. The SMILES string of the molecule is CC1(N)C(N)(N)S1(N)N. The highest BCUT2D eigenvalue weighted by atomic mass is 32.3. The molecule has 0 spiro atoms. The van der Waals surface area contributed by atoms with Gasteiger partial charge in [0.05, 0.1) is 0 Å². The lowest BCUT2D eigenvalue weighted by Crippen LogP contribution is -2.46. The van der Waals surface area contributed by atoms with Crippen LogP contribution in [0.1, 0.15) is 6.92 Å². The first-order chi connectivity index (χ1) is 3.75. The summed E-state index contributed by atoms with van der Waals surface area (Å²) in [5.74, 6) is 0. The van der Waals surface area contributed by atoms with E-state index < -0.39 is 20.3 Å². The zero-order valence-corrected chi connectivity index (χ0v) is 6.11. The molecular weight excluding hydrogens is 138 g/mol. The average Bonchev–Trinajstić information content (AvgIpc) is 1.84. The highest BCUT2D eigenvalue weighted by Gasteiger charge is 2.74. The molecule has 0 aromatic heterocycles. The third-order valence-corrected chi connectivity index (χ3v) is 5.07. The summed E-state index contributed by atoms with van der Waals surface area (Å²) in [6.45, 7) is 1.67. The highest BCUT2D eigenvalue weighted by molar-refractivity contribution is 8.38. The largest absolute Gasteiger partial charge is 0.313 e. The first-order valence-electron chi connectivity index (χ1n) is 2.50. The summed E-state index contributed by atoms with van der Waals surface area (Å²) in [4.78, 5) is -1.81. The van der Waals surface area contributed by atoms with Crippen molar-refractivity contribution in [3.63, 3.8) is 0 Å². The summed E-state index contributed by atoms with van der Waals surface area (Å²) in [6.07, 6.45) is 0. The van der Waals surface area contributed by atoms with E-state index in [1.165, 1.54) is 0 Å². The standard InChI is InChI=1S/C3H13N5S/c1-2(4)3(5,6)9(2,7)8/h4-8H2,1H3. The fourth-order valence-electron chi connectivity index (χ4n) is 0.695. The van der Waals surface area contributed by atoms with Gasteiger partial charge < -0.3 is 17.2 Å². The van der Waals surface area contributed by atoms with E-state index in [1.54, 1.807) is 6.92 Å². The Balaban J connectivity index is 2.91. The molecule has 0 amide bonds. The Hall–Kier alpha value is 0.150. The first kappa shape index (κ1) is 7.26. The molecule has 9 heavy (non-hydrogen) atoms. The van der Waals surface area contributed by atoms with Crippen LogP contribution in [0, 0.1) is 0 Å². The molecule has 0 radical (unpaired) electrons. The van der Waals surface area contributed by atoms with Crippen molar-refractivity contribution in [1.29, 1.82) is 0 Å². The van der Waals surface area contributed by atoms with Crippen molar-refractivity contribution in [3.8, 4) is 0 Å². The maximum atomic E-state index is 5.56. The predicted octanol–water partition coefficient (Wildman–Crippen LogP) is -2.20. The second kappa shape index (κ2) is 1.26. The Morgan fingerprint density at radius 2 is 1.22 bits per heavy atom. The first-order valence-corrected chi connectivity index (χ1v) is 4.25. The van der Waals surface area contributed by atoms with Gasteiger partial charge in [-0.3, -0.25) is 10.3 Å². The molecule has 5 nitrogen and oxygen atoms in total. The maximum Gasteiger partial charge on any atom is 0.149 e. The quantitative estimate of drug-likeness (QED) is 0.198. The molecule has 56 valence electrons. The van der Waals surface area contributed by atoms with Crippen LogP contribution in [-0.2, 0) is 0 Å². The molecule has 1 saturated heterocycles. The van der Waals surface area contributed by atoms with Crippen LogP contribution in [0.25, 0.3) is 0 Å². The van der Waals surface area contributed by atoms with Crippen LogP contribution in [0.5, 0.6) is 0 Å². The Morgan fingerprint density at radius 3 is 1.22 bits per heavy atom. The molecule has 0 aliphatic carbocycles. The van der Waals surface area contributed by atoms with Gasteiger partial charge in [0, 0.05) is 0 Å². The van der Waals surface area contributed by atoms with E-state index in [1.807, 2.05) is 0 Å². The number of nitrogens with two attached hydrogens (primary N) is 5. The number of hydrogen-bond donors (Lipinski definition) is 5. The minimum absolute atomic E-state index is 0.764. The number of hydrogen-bond acceptors (Lipinski definition) is 5. The van der Waals surface area contributed by atoms with E-state index in [0.29, 0.717) is 0 Å². The lowest BCUT2D eigenvalue weighted by molar-refractivity contribution is 0.580. The second-order valence-electron chi connectivity index (χ2n) is 2.61. The van der Waals surface area contributed by atoms with Gasteiger partial charge in [-0.05, 0) is 6.92 Å². The van der Waals surface area contributed by atoms with Crippen molar-refractivity contribution in [1.82, 2.24) is 0 Å². The van der Waals surface area contributed by atoms with E-state index in [-0.39, 0.29) is 0 Å². The van der Waals surface area contributed by atoms with Crippen LogP contribution < -0.4 is 27.5 Å². The van der Waals surface area contributed by atoms with Crippen LogP contribution >= 0.6 is 10.4 Å². The van der Waals surface area contributed by atoms with Crippen molar-refractivity contribution in [2.75, 3.05) is 0 Å². The molecule has 10 N–H and O–H groups in total. The van der Waals surface area contributed by atoms with Crippen LogP contribution in [0.3, 0.4) is 0 Å². The van der Waals surface area contributed by atoms with Crippen LogP contribution in [0.2, 0.25) is 0 Å². The normalized spacial score (nSPS) is 48.2. The van der Waals surface area contributed by atoms with Crippen molar-refractivity contribution >= 4 is 10.4 Å². The minimum Gasteiger partial charge on any atom is -0.313 e. The van der Waals surface area contributed by atoms with Gasteiger partial charge >= 0.3 is 0 Å².